The molecule has 1 aliphatic heterocycles. The van der Waals surface area contributed by atoms with Crippen molar-refractivity contribution >= 4 is 35.8 Å². The molecule has 0 spiro atoms. The second-order valence-electron chi connectivity index (χ2n) is 5.95. The highest BCUT2D eigenvalue weighted by atomic mass is 127. The highest BCUT2D eigenvalue weighted by molar-refractivity contribution is 14.0. The first-order chi connectivity index (χ1) is 11.2. The van der Waals surface area contributed by atoms with Crippen LogP contribution in [0.3, 0.4) is 0 Å². The van der Waals surface area contributed by atoms with Crippen molar-refractivity contribution in [2.45, 2.75) is 32.7 Å². The average Bonchev–Trinajstić information content (AvgIpc) is 2.60. The monoisotopic (exact) mass is 444 g/mol. The Morgan fingerprint density at radius 3 is 2.50 bits per heavy atom. The second-order valence-corrected chi connectivity index (χ2v) is 5.95. The van der Waals surface area contributed by atoms with Crippen molar-refractivity contribution in [1.29, 1.82) is 0 Å². The number of halogens is 1. The molecule has 1 amide bonds. The van der Waals surface area contributed by atoms with E-state index in [1.165, 1.54) is 12.0 Å². The Hall–Kier alpha value is -1.31. The normalized spacial score (nSPS) is 14.8. The van der Waals surface area contributed by atoms with Gasteiger partial charge in [0.1, 0.15) is 6.54 Å². The minimum atomic E-state index is 0. The van der Waals surface area contributed by atoms with Crippen LogP contribution in [0.5, 0.6) is 0 Å². The number of rotatable bonds is 5. The van der Waals surface area contributed by atoms with Gasteiger partial charge in [0.15, 0.2) is 5.96 Å². The zero-order valence-electron chi connectivity index (χ0n) is 14.7. The van der Waals surface area contributed by atoms with Crippen LogP contribution in [0.25, 0.3) is 0 Å². The topological polar surface area (TPSA) is 47.9 Å². The molecule has 2 rings (SSSR count). The van der Waals surface area contributed by atoms with E-state index in [1.54, 1.807) is 0 Å². The minimum absolute atomic E-state index is 0. The molecule has 0 aliphatic carbocycles. The van der Waals surface area contributed by atoms with Crippen LogP contribution < -0.4 is 5.32 Å². The van der Waals surface area contributed by atoms with Gasteiger partial charge in [-0.1, -0.05) is 30.3 Å². The van der Waals surface area contributed by atoms with Crippen LogP contribution in [0.15, 0.2) is 35.3 Å². The molecule has 1 aromatic rings. The first-order valence-corrected chi connectivity index (χ1v) is 8.52. The van der Waals surface area contributed by atoms with E-state index in [0.717, 1.165) is 45.0 Å². The zero-order chi connectivity index (χ0) is 16.5. The molecule has 5 nitrogen and oxygen atoms in total. The van der Waals surface area contributed by atoms with Gasteiger partial charge in [0.25, 0.3) is 0 Å². The number of carbonyl (C=O) groups is 1. The molecule has 24 heavy (non-hydrogen) atoms. The third-order valence-electron chi connectivity index (χ3n) is 4.03. The lowest BCUT2D eigenvalue weighted by molar-refractivity contribution is -0.130. The maximum atomic E-state index is 12.3. The number of benzene rings is 1. The Labute approximate surface area is 162 Å². The lowest BCUT2D eigenvalue weighted by atomic mass is 10.1. The number of guanidine groups is 1. The molecule has 0 saturated carbocycles. The van der Waals surface area contributed by atoms with Crippen molar-refractivity contribution in [3.63, 3.8) is 0 Å². The van der Waals surface area contributed by atoms with Crippen LogP contribution in [0, 0.1) is 0 Å². The fourth-order valence-electron chi connectivity index (χ4n) is 2.79. The number of hydrogen-bond donors (Lipinski definition) is 1. The van der Waals surface area contributed by atoms with Crippen molar-refractivity contribution < 1.29 is 4.79 Å². The lowest BCUT2D eigenvalue weighted by Gasteiger charge is -2.27. The van der Waals surface area contributed by atoms with Crippen molar-refractivity contribution in [3.05, 3.63) is 35.9 Å². The predicted octanol–water partition coefficient (Wildman–Crippen LogP) is 2.71. The third kappa shape index (κ3) is 6.67. The quantitative estimate of drug-likeness (QED) is 0.432. The standard InChI is InChI=1S/C18H28N4O.HI/c1-3-19-18(21(2)15-16-10-6-4-7-11-16)20-14-17(23)22-12-8-5-9-13-22;/h4,6-7,10-11H,3,5,8-9,12-15H2,1-2H3,(H,19,20);1H. The van der Waals surface area contributed by atoms with Gasteiger partial charge in [-0.25, -0.2) is 4.99 Å². The van der Waals surface area contributed by atoms with E-state index < -0.39 is 0 Å². The fraction of sp³-hybridized carbons (Fsp3) is 0.556. The molecule has 6 heteroatoms. The summed E-state index contributed by atoms with van der Waals surface area (Å²) in [5.41, 5.74) is 1.22. The molecule has 1 aromatic carbocycles. The third-order valence-corrected chi connectivity index (χ3v) is 4.03. The largest absolute Gasteiger partial charge is 0.357 e. The van der Waals surface area contributed by atoms with Crippen molar-refractivity contribution in [2.24, 2.45) is 4.99 Å². The van der Waals surface area contributed by atoms with E-state index >= 15 is 0 Å². The first kappa shape index (κ1) is 20.7. The molecule has 1 fully saturated rings. The van der Waals surface area contributed by atoms with E-state index in [4.69, 9.17) is 0 Å². The molecule has 0 unspecified atom stereocenters. The number of amides is 1. The molecule has 0 radical (unpaired) electrons. The number of carbonyl (C=O) groups excluding carboxylic acids is 1. The van der Waals surface area contributed by atoms with Crippen LogP contribution in [0.2, 0.25) is 0 Å². The van der Waals surface area contributed by atoms with E-state index in [-0.39, 0.29) is 36.4 Å². The molecule has 0 aromatic heterocycles. The van der Waals surface area contributed by atoms with Crippen molar-refractivity contribution in [1.82, 2.24) is 15.1 Å². The van der Waals surface area contributed by atoms with E-state index in [2.05, 4.69) is 27.3 Å². The Kier molecular flexibility index (Phi) is 9.75. The van der Waals surface area contributed by atoms with Crippen LogP contribution in [-0.4, -0.2) is 54.9 Å². The summed E-state index contributed by atoms with van der Waals surface area (Å²) in [6, 6.07) is 10.3. The molecule has 1 aliphatic rings. The van der Waals surface area contributed by atoms with Crippen LogP contribution in [0.4, 0.5) is 0 Å². The molecule has 1 N–H and O–H groups in total. The van der Waals surface area contributed by atoms with Gasteiger partial charge in [0.05, 0.1) is 0 Å². The summed E-state index contributed by atoms with van der Waals surface area (Å²) in [6.45, 7) is 5.58. The van der Waals surface area contributed by atoms with Crippen LogP contribution >= 0.6 is 24.0 Å². The van der Waals surface area contributed by atoms with Crippen LogP contribution in [0.1, 0.15) is 31.7 Å². The van der Waals surface area contributed by atoms with Gasteiger partial charge in [-0.2, -0.15) is 0 Å². The average molecular weight is 444 g/mol. The summed E-state index contributed by atoms with van der Waals surface area (Å²) < 4.78 is 0. The highest BCUT2D eigenvalue weighted by Crippen LogP contribution is 2.09. The van der Waals surface area contributed by atoms with Gasteiger partial charge in [-0.3, -0.25) is 4.79 Å². The number of hydrogen-bond acceptors (Lipinski definition) is 2. The summed E-state index contributed by atoms with van der Waals surface area (Å²) in [5, 5.41) is 3.27. The maximum absolute atomic E-state index is 12.3. The molecule has 134 valence electrons. The smallest absolute Gasteiger partial charge is 0.244 e. The number of nitrogens with zero attached hydrogens (tertiary/aromatic N) is 3. The Bertz CT molecular complexity index is 515. The van der Waals surface area contributed by atoms with Gasteiger partial charge < -0.3 is 15.1 Å². The molecule has 1 saturated heterocycles. The van der Waals surface area contributed by atoms with Gasteiger partial charge in [0.2, 0.25) is 5.91 Å². The number of likely N-dealkylation sites (tertiary alicyclic amines) is 1. The summed E-state index contributed by atoms with van der Waals surface area (Å²) in [6.07, 6.45) is 3.46. The van der Waals surface area contributed by atoms with Crippen molar-refractivity contribution in [3.8, 4) is 0 Å². The van der Waals surface area contributed by atoms with E-state index in [0.29, 0.717) is 0 Å². The molecule has 0 bridgehead atoms. The number of nitrogens with one attached hydrogen (secondary N) is 1. The summed E-state index contributed by atoms with van der Waals surface area (Å²) in [4.78, 5) is 20.8. The van der Waals surface area contributed by atoms with Crippen molar-refractivity contribution in [2.75, 3.05) is 33.2 Å². The number of piperidine rings is 1. The Morgan fingerprint density at radius 1 is 1.21 bits per heavy atom. The lowest BCUT2D eigenvalue weighted by Crippen LogP contribution is -2.41. The maximum Gasteiger partial charge on any atom is 0.244 e. The van der Waals surface area contributed by atoms with Gasteiger partial charge in [0, 0.05) is 33.2 Å². The molecular weight excluding hydrogens is 415 g/mol. The summed E-state index contributed by atoms with van der Waals surface area (Å²) >= 11 is 0. The fourth-order valence-corrected chi connectivity index (χ4v) is 2.79. The number of aliphatic imine (C=N–C) groups is 1. The van der Waals surface area contributed by atoms with Gasteiger partial charge in [-0.05, 0) is 31.7 Å². The minimum Gasteiger partial charge on any atom is -0.357 e. The predicted molar refractivity (Wildman–Crippen MR) is 110 cm³/mol. The molecule has 1 heterocycles. The highest BCUT2D eigenvalue weighted by Gasteiger charge is 2.16. The summed E-state index contributed by atoms with van der Waals surface area (Å²) in [7, 11) is 2.00. The summed E-state index contributed by atoms with van der Waals surface area (Å²) in [5.74, 6) is 0.912. The Balaban J connectivity index is 0.00000288. The first-order valence-electron chi connectivity index (χ1n) is 8.52. The SMILES string of the molecule is CCNC(=NCC(=O)N1CCCCC1)N(C)Cc1ccccc1.I. The van der Waals surface area contributed by atoms with Crippen LogP contribution in [-0.2, 0) is 11.3 Å². The second kappa shape index (κ2) is 11.3. The zero-order valence-corrected chi connectivity index (χ0v) is 17.0. The molecular formula is C18H29IN4O. The van der Waals surface area contributed by atoms with E-state index in [9.17, 15) is 4.79 Å². The van der Waals surface area contributed by atoms with Gasteiger partial charge in [-0.15, -0.1) is 24.0 Å². The van der Waals surface area contributed by atoms with Gasteiger partial charge >= 0.3 is 0 Å². The Morgan fingerprint density at radius 2 is 1.88 bits per heavy atom. The molecule has 0 atom stereocenters. The van der Waals surface area contributed by atoms with E-state index in [1.807, 2.05) is 37.1 Å².